The second kappa shape index (κ2) is 7.19. The van der Waals surface area contributed by atoms with Crippen LogP contribution >= 0.6 is 23.2 Å². The number of nitrogens with zero attached hydrogens (tertiary/aromatic N) is 2. The summed E-state index contributed by atoms with van der Waals surface area (Å²) in [5.41, 5.74) is 2.84. The number of halogens is 2. The molecule has 1 heterocycles. The van der Waals surface area contributed by atoms with Crippen LogP contribution in [0.25, 0.3) is 0 Å². The van der Waals surface area contributed by atoms with Gasteiger partial charge < -0.3 is 10.2 Å². The van der Waals surface area contributed by atoms with Crippen LogP contribution in [-0.4, -0.2) is 41.9 Å². The summed E-state index contributed by atoms with van der Waals surface area (Å²) in [5, 5.41) is 4.88. The molecule has 0 aromatic heterocycles. The normalized spacial score (nSPS) is 22.2. The maximum Gasteiger partial charge on any atom is 0.176 e. The van der Waals surface area contributed by atoms with Gasteiger partial charge in [-0.15, -0.1) is 0 Å². The molecule has 6 heteroatoms. The average molecular weight is 430 g/mol. The first-order valence-corrected chi connectivity index (χ1v) is 11.1. The third-order valence-corrected chi connectivity index (χ3v) is 7.16. The molecule has 2 fully saturated rings. The topological polar surface area (TPSA) is 35.6 Å². The summed E-state index contributed by atoms with van der Waals surface area (Å²) in [6, 6.07) is 14.2. The summed E-state index contributed by atoms with van der Waals surface area (Å²) in [7, 11) is 2.03. The summed E-state index contributed by atoms with van der Waals surface area (Å²) >= 11 is 12.5. The zero-order valence-corrected chi connectivity index (χ0v) is 18.0. The Labute approximate surface area is 181 Å². The van der Waals surface area contributed by atoms with E-state index in [0.717, 1.165) is 30.6 Å². The van der Waals surface area contributed by atoms with E-state index in [0.29, 0.717) is 28.4 Å². The van der Waals surface area contributed by atoms with E-state index >= 15 is 0 Å². The highest BCUT2D eigenvalue weighted by Crippen LogP contribution is 2.46. The molecule has 4 nitrogen and oxygen atoms in total. The molecule has 152 valence electrons. The van der Waals surface area contributed by atoms with Crippen molar-refractivity contribution in [2.75, 3.05) is 23.8 Å². The second-order valence-corrected chi connectivity index (χ2v) is 9.43. The summed E-state index contributed by atoms with van der Waals surface area (Å²) in [5.74, 6) is 0.290. The van der Waals surface area contributed by atoms with Crippen LogP contribution in [0.1, 0.15) is 31.2 Å². The predicted octanol–water partition coefficient (Wildman–Crippen LogP) is 4.99. The number of hydrogen-bond acceptors (Lipinski definition) is 4. The van der Waals surface area contributed by atoms with Gasteiger partial charge >= 0.3 is 0 Å². The SMILES string of the molecule is CN(Cc1cc(Cl)ccc1Cl)C1(C(=O)C2CN(C3CC3)c3ccccc3N2)CC1. The lowest BCUT2D eigenvalue weighted by molar-refractivity contribution is -0.126. The Balaban J connectivity index is 1.36. The first kappa shape index (κ1) is 19.2. The number of para-hydroxylation sites is 2. The Morgan fingerprint density at radius 3 is 2.69 bits per heavy atom. The number of hydrogen-bond donors (Lipinski definition) is 1. The van der Waals surface area contributed by atoms with Gasteiger partial charge in [0, 0.05) is 29.2 Å². The van der Waals surface area contributed by atoms with Crippen molar-refractivity contribution in [3.05, 3.63) is 58.1 Å². The molecular formula is C23H25Cl2N3O. The molecule has 5 rings (SSSR count). The Kier molecular flexibility index (Phi) is 4.77. The third-order valence-electron chi connectivity index (χ3n) is 6.55. The van der Waals surface area contributed by atoms with Crippen LogP contribution in [0, 0.1) is 0 Å². The molecule has 1 atom stereocenters. The van der Waals surface area contributed by atoms with Gasteiger partial charge in [-0.1, -0.05) is 35.3 Å². The van der Waals surface area contributed by atoms with Gasteiger partial charge in [-0.3, -0.25) is 9.69 Å². The van der Waals surface area contributed by atoms with E-state index in [1.807, 2.05) is 25.2 Å². The van der Waals surface area contributed by atoms with Crippen molar-refractivity contribution in [3.8, 4) is 0 Å². The lowest BCUT2D eigenvalue weighted by Gasteiger charge is -2.39. The first-order valence-electron chi connectivity index (χ1n) is 10.3. The van der Waals surface area contributed by atoms with E-state index in [1.165, 1.54) is 18.5 Å². The summed E-state index contributed by atoms with van der Waals surface area (Å²) < 4.78 is 0. The van der Waals surface area contributed by atoms with E-state index in [1.54, 1.807) is 6.07 Å². The van der Waals surface area contributed by atoms with Crippen molar-refractivity contribution >= 4 is 40.4 Å². The molecule has 1 N–H and O–H groups in total. The minimum atomic E-state index is -0.412. The molecule has 1 unspecified atom stereocenters. The highest BCUT2D eigenvalue weighted by Gasteiger charge is 2.55. The standard InChI is InChI=1S/C23H25Cl2N3O/c1-27(13-15-12-16(24)6-9-18(15)25)23(10-11-23)22(29)20-14-28(17-7-8-17)21-5-3-2-4-19(21)26-20/h2-6,9,12,17,20,26H,7-8,10-11,13-14H2,1H3. The van der Waals surface area contributed by atoms with Crippen molar-refractivity contribution in [1.29, 1.82) is 0 Å². The van der Waals surface area contributed by atoms with Gasteiger partial charge in [-0.05, 0) is 68.6 Å². The molecule has 0 saturated heterocycles. The van der Waals surface area contributed by atoms with E-state index in [4.69, 9.17) is 23.2 Å². The lowest BCUT2D eigenvalue weighted by atomic mass is 9.97. The van der Waals surface area contributed by atoms with E-state index < -0.39 is 5.54 Å². The molecule has 2 saturated carbocycles. The number of nitrogens with one attached hydrogen (secondary N) is 1. The molecule has 2 aromatic rings. The monoisotopic (exact) mass is 429 g/mol. The molecule has 0 radical (unpaired) electrons. The minimum absolute atomic E-state index is 0.190. The maximum absolute atomic E-state index is 13.7. The highest BCUT2D eigenvalue weighted by molar-refractivity contribution is 6.33. The number of rotatable bonds is 6. The van der Waals surface area contributed by atoms with Gasteiger partial charge in [0.15, 0.2) is 5.78 Å². The smallest absolute Gasteiger partial charge is 0.176 e. The maximum atomic E-state index is 13.7. The molecule has 0 amide bonds. The third kappa shape index (κ3) is 3.52. The Morgan fingerprint density at radius 1 is 1.21 bits per heavy atom. The molecule has 29 heavy (non-hydrogen) atoms. The van der Waals surface area contributed by atoms with Crippen molar-refractivity contribution in [2.24, 2.45) is 0 Å². The Hall–Kier alpha value is -1.75. The van der Waals surface area contributed by atoms with Crippen LogP contribution in [-0.2, 0) is 11.3 Å². The number of Topliss-reactive ketones (excluding diaryl/α,β-unsaturated/α-hetero) is 1. The molecule has 0 spiro atoms. The van der Waals surface area contributed by atoms with Gasteiger partial charge in [-0.25, -0.2) is 0 Å². The highest BCUT2D eigenvalue weighted by atomic mass is 35.5. The molecular weight excluding hydrogens is 405 g/mol. The van der Waals surface area contributed by atoms with Gasteiger partial charge in [-0.2, -0.15) is 0 Å². The second-order valence-electron chi connectivity index (χ2n) is 8.59. The molecule has 2 aliphatic carbocycles. The predicted molar refractivity (Wildman–Crippen MR) is 119 cm³/mol. The fourth-order valence-electron chi connectivity index (χ4n) is 4.59. The van der Waals surface area contributed by atoms with Gasteiger partial charge in [0.25, 0.3) is 0 Å². The Bertz CT molecular complexity index is 955. The Morgan fingerprint density at radius 2 is 1.97 bits per heavy atom. The number of carbonyl (C=O) groups excluding carboxylic acids is 1. The van der Waals surface area contributed by atoms with Crippen LogP contribution in [0.3, 0.4) is 0 Å². The van der Waals surface area contributed by atoms with Gasteiger partial charge in [0.05, 0.1) is 16.9 Å². The fraction of sp³-hybridized carbons (Fsp3) is 0.435. The molecule has 0 bridgehead atoms. The van der Waals surface area contributed by atoms with Crippen molar-refractivity contribution in [2.45, 2.75) is 49.9 Å². The lowest BCUT2D eigenvalue weighted by Crippen LogP contribution is -2.54. The van der Waals surface area contributed by atoms with Crippen molar-refractivity contribution in [1.82, 2.24) is 4.90 Å². The number of carbonyl (C=O) groups is 1. The van der Waals surface area contributed by atoms with E-state index in [9.17, 15) is 4.79 Å². The number of anilines is 2. The van der Waals surface area contributed by atoms with E-state index in [2.05, 4.69) is 33.3 Å². The van der Waals surface area contributed by atoms with Gasteiger partial charge in [0.1, 0.15) is 6.04 Å². The number of fused-ring (bicyclic) bond motifs is 1. The van der Waals surface area contributed by atoms with Crippen LogP contribution in [0.4, 0.5) is 11.4 Å². The van der Waals surface area contributed by atoms with Crippen LogP contribution in [0.5, 0.6) is 0 Å². The number of likely N-dealkylation sites (N-methyl/N-ethyl adjacent to an activating group) is 1. The largest absolute Gasteiger partial charge is 0.372 e. The zero-order chi connectivity index (χ0) is 20.2. The number of ketones is 1. The number of benzene rings is 2. The van der Waals surface area contributed by atoms with Crippen LogP contribution in [0.15, 0.2) is 42.5 Å². The van der Waals surface area contributed by atoms with Crippen LogP contribution < -0.4 is 10.2 Å². The average Bonchev–Trinajstić information content (AvgIpc) is 3.63. The first-order chi connectivity index (χ1) is 14.0. The van der Waals surface area contributed by atoms with Gasteiger partial charge in [0.2, 0.25) is 0 Å². The van der Waals surface area contributed by atoms with Crippen molar-refractivity contribution in [3.63, 3.8) is 0 Å². The zero-order valence-electron chi connectivity index (χ0n) is 16.5. The summed E-state index contributed by atoms with van der Waals surface area (Å²) in [4.78, 5) is 18.3. The molecule has 2 aromatic carbocycles. The summed E-state index contributed by atoms with van der Waals surface area (Å²) in [6.07, 6.45) is 4.22. The quantitative estimate of drug-likeness (QED) is 0.701. The van der Waals surface area contributed by atoms with Crippen molar-refractivity contribution < 1.29 is 4.79 Å². The van der Waals surface area contributed by atoms with Crippen LogP contribution in [0.2, 0.25) is 10.0 Å². The van der Waals surface area contributed by atoms with E-state index in [-0.39, 0.29) is 6.04 Å². The minimum Gasteiger partial charge on any atom is -0.372 e. The summed E-state index contributed by atoms with van der Waals surface area (Å²) in [6.45, 7) is 1.36. The molecule has 3 aliphatic rings. The molecule has 1 aliphatic heterocycles. The fourth-order valence-corrected chi connectivity index (χ4v) is 4.96.